The smallest absolute Gasteiger partial charge is 0.254 e. The summed E-state index contributed by atoms with van der Waals surface area (Å²) in [7, 11) is 0. The number of anilines is 1. The molecular formula is C15H13N3O. The number of nitrogens with zero attached hydrogens (tertiary/aromatic N) is 3. The number of hydrazone groups is 1. The number of hydrogen-bond acceptors (Lipinski definition) is 3. The number of carbonyl (C=O) groups is 1. The summed E-state index contributed by atoms with van der Waals surface area (Å²) in [4.78, 5) is 16.2. The molecule has 0 fully saturated rings. The second-order valence-corrected chi connectivity index (χ2v) is 4.43. The molecule has 0 bridgehead atoms. The van der Waals surface area contributed by atoms with Crippen LogP contribution in [-0.4, -0.2) is 16.6 Å². The van der Waals surface area contributed by atoms with Gasteiger partial charge >= 0.3 is 0 Å². The Kier molecular flexibility index (Phi) is 2.83. The van der Waals surface area contributed by atoms with Gasteiger partial charge in [0.25, 0.3) is 5.91 Å². The largest absolute Gasteiger partial charge is 0.272 e. The van der Waals surface area contributed by atoms with Gasteiger partial charge < -0.3 is 0 Å². The first-order chi connectivity index (χ1) is 9.25. The molecule has 4 heteroatoms. The van der Waals surface area contributed by atoms with Gasteiger partial charge in [0.05, 0.1) is 12.1 Å². The monoisotopic (exact) mass is 251 g/mol. The minimum absolute atomic E-state index is 0.0445. The van der Waals surface area contributed by atoms with Crippen molar-refractivity contribution < 1.29 is 4.79 Å². The Bertz CT molecular complexity index is 649. The van der Waals surface area contributed by atoms with Crippen molar-refractivity contribution in [2.24, 2.45) is 5.10 Å². The Morgan fingerprint density at radius 3 is 2.63 bits per heavy atom. The standard InChI is InChI=1S/C15H13N3O/c1-11-6-2-3-7-12(11)13-10-15(19)18(17-13)14-8-4-5-9-16-14/h2-9H,10H2,1H3. The van der Waals surface area contributed by atoms with Crippen LogP contribution in [0.5, 0.6) is 0 Å². The number of carbonyl (C=O) groups excluding carboxylic acids is 1. The van der Waals surface area contributed by atoms with Crippen molar-refractivity contribution in [3.05, 3.63) is 59.8 Å². The third-order valence-electron chi connectivity index (χ3n) is 3.10. The molecule has 0 atom stereocenters. The van der Waals surface area contributed by atoms with Gasteiger partial charge in [-0.15, -0.1) is 0 Å². The highest BCUT2D eigenvalue weighted by molar-refractivity contribution is 6.19. The molecule has 19 heavy (non-hydrogen) atoms. The number of aromatic nitrogens is 1. The lowest BCUT2D eigenvalue weighted by atomic mass is 10.0. The third kappa shape index (κ3) is 2.12. The van der Waals surface area contributed by atoms with Crippen LogP contribution in [0, 0.1) is 6.92 Å². The van der Waals surface area contributed by atoms with Gasteiger partial charge in [-0.3, -0.25) is 4.79 Å². The number of benzene rings is 1. The van der Waals surface area contributed by atoms with E-state index < -0.39 is 0 Å². The van der Waals surface area contributed by atoms with Crippen LogP contribution in [0.4, 0.5) is 5.82 Å². The summed E-state index contributed by atoms with van der Waals surface area (Å²) >= 11 is 0. The van der Waals surface area contributed by atoms with Crippen molar-refractivity contribution in [1.29, 1.82) is 0 Å². The van der Waals surface area contributed by atoms with E-state index in [1.54, 1.807) is 12.3 Å². The number of amides is 1. The van der Waals surface area contributed by atoms with Gasteiger partial charge in [0.2, 0.25) is 0 Å². The molecule has 0 saturated heterocycles. The maximum absolute atomic E-state index is 12.0. The second kappa shape index (κ2) is 4.65. The van der Waals surface area contributed by atoms with E-state index in [4.69, 9.17) is 0 Å². The van der Waals surface area contributed by atoms with Crippen LogP contribution in [0.3, 0.4) is 0 Å². The SMILES string of the molecule is Cc1ccccc1C1=NN(c2ccccn2)C(=O)C1. The fraction of sp³-hybridized carbons (Fsp3) is 0.133. The zero-order chi connectivity index (χ0) is 13.2. The maximum Gasteiger partial charge on any atom is 0.254 e. The topological polar surface area (TPSA) is 45.6 Å². The van der Waals surface area contributed by atoms with Crippen LogP contribution in [-0.2, 0) is 4.79 Å². The molecule has 2 aromatic rings. The summed E-state index contributed by atoms with van der Waals surface area (Å²) in [6.07, 6.45) is 1.98. The van der Waals surface area contributed by atoms with Crippen LogP contribution in [0.25, 0.3) is 0 Å². The Morgan fingerprint density at radius 2 is 1.89 bits per heavy atom. The van der Waals surface area contributed by atoms with Gasteiger partial charge in [0.1, 0.15) is 0 Å². The van der Waals surface area contributed by atoms with Gasteiger partial charge in [-0.2, -0.15) is 10.1 Å². The summed E-state index contributed by atoms with van der Waals surface area (Å²) in [5, 5.41) is 5.79. The first kappa shape index (κ1) is 11.6. The summed E-state index contributed by atoms with van der Waals surface area (Å²) < 4.78 is 0. The van der Waals surface area contributed by atoms with Crippen LogP contribution in [0.2, 0.25) is 0 Å². The van der Waals surface area contributed by atoms with Crippen molar-refractivity contribution in [3.63, 3.8) is 0 Å². The Morgan fingerprint density at radius 1 is 1.11 bits per heavy atom. The van der Waals surface area contributed by atoms with E-state index in [1.165, 1.54) is 5.01 Å². The molecule has 1 amide bonds. The molecule has 1 aromatic carbocycles. The lowest BCUT2D eigenvalue weighted by Crippen LogP contribution is -2.20. The quantitative estimate of drug-likeness (QED) is 0.823. The van der Waals surface area contributed by atoms with Crippen molar-refractivity contribution in [2.75, 3.05) is 5.01 Å². The number of rotatable bonds is 2. The Labute approximate surface area is 111 Å². The van der Waals surface area contributed by atoms with Crippen molar-refractivity contribution in [1.82, 2.24) is 4.98 Å². The average molecular weight is 251 g/mol. The van der Waals surface area contributed by atoms with Crippen molar-refractivity contribution >= 4 is 17.4 Å². The predicted molar refractivity (Wildman–Crippen MR) is 74.1 cm³/mol. The first-order valence-electron chi connectivity index (χ1n) is 6.13. The maximum atomic E-state index is 12.0. The van der Waals surface area contributed by atoms with Gasteiger partial charge in [0, 0.05) is 11.8 Å². The van der Waals surface area contributed by atoms with Gasteiger partial charge in [-0.25, -0.2) is 4.98 Å². The van der Waals surface area contributed by atoms with E-state index in [0.29, 0.717) is 12.2 Å². The predicted octanol–water partition coefficient (Wildman–Crippen LogP) is 2.53. The lowest BCUT2D eigenvalue weighted by Gasteiger charge is -2.09. The molecule has 0 unspecified atom stereocenters. The third-order valence-corrected chi connectivity index (χ3v) is 3.10. The molecule has 1 aliphatic rings. The van der Waals surface area contributed by atoms with E-state index in [0.717, 1.165) is 16.8 Å². The molecule has 0 radical (unpaired) electrons. The van der Waals surface area contributed by atoms with Crippen LogP contribution in [0.1, 0.15) is 17.5 Å². The zero-order valence-electron chi connectivity index (χ0n) is 10.6. The molecule has 1 aliphatic heterocycles. The highest BCUT2D eigenvalue weighted by atomic mass is 16.2. The van der Waals surface area contributed by atoms with Crippen molar-refractivity contribution in [3.8, 4) is 0 Å². The van der Waals surface area contributed by atoms with E-state index in [9.17, 15) is 4.79 Å². The minimum Gasteiger partial charge on any atom is -0.272 e. The average Bonchev–Trinajstić information content (AvgIpc) is 2.82. The molecule has 3 rings (SSSR count). The summed E-state index contributed by atoms with van der Waals surface area (Å²) in [5.41, 5.74) is 2.94. The van der Waals surface area contributed by atoms with Crippen molar-refractivity contribution in [2.45, 2.75) is 13.3 Å². The van der Waals surface area contributed by atoms with Gasteiger partial charge in [0.15, 0.2) is 5.82 Å². The number of hydrogen-bond donors (Lipinski definition) is 0. The first-order valence-corrected chi connectivity index (χ1v) is 6.13. The highest BCUT2D eigenvalue weighted by Gasteiger charge is 2.27. The normalized spacial score (nSPS) is 14.7. The Balaban J connectivity index is 1.99. The summed E-state index contributed by atoms with van der Waals surface area (Å²) in [6, 6.07) is 13.4. The molecule has 94 valence electrons. The molecule has 0 N–H and O–H groups in total. The second-order valence-electron chi connectivity index (χ2n) is 4.43. The van der Waals surface area contributed by atoms with Crippen LogP contribution in [0.15, 0.2) is 53.8 Å². The fourth-order valence-corrected chi connectivity index (χ4v) is 2.13. The Hall–Kier alpha value is -2.49. The van der Waals surface area contributed by atoms with E-state index >= 15 is 0 Å². The van der Waals surface area contributed by atoms with Gasteiger partial charge in [-0.05, 0) is 24.6 Å². The summed E-state index contributed by atoms with van der Waals surface area (Å²) in [6.45, 7) is 2.02. The van der Waals surface area contributed by atoms with Crippen LogP contribution < -0.4 is 5.01 Å². The molecule has 1 aromatic heterocycles. The molecule has 0 saturated carbocycles. The van der Waals surface area contributed by atoms with E-state index in [-0.39, 0.29) is 5.91 Å². The van der Waals surface area contributed by atoms with Gasteiger partial charge in [-0.1, -0.05) is 30.3 Å². The van der Waals surface area contributed by atoms with E-state index in [1.807, 2.05) is 43.3 Å². The molecule has 4 nitrogen and oxygen atoms in total. The summed E-state index contributed by atoms with van der Waals surface area (Å²) in [5.74, 6) is 0.521. The fourth-order valence-electron chi connectivity index (χ4n) is 2.13. The minimum atomic E-state index is -0.0445. The van der Waals surface area contributed by atoms with Crippen LogP contribution >= 0.6 is 0 Å². The molecular weight excluding hydrogens is 238 g/mol. The zero-order valence-corrected chi connectivity index (χ0v) is 10.6. The number of pyridine rings is 1. The highest BCUT2D eigenvalue weighted by Crippen LogP contribution is 2.22. The lowest BCUT2D eigenvalue weighted by molar-refractivity contribution is -0.116. The molecule has 0 spiro atoms. The molecule has 0 aliphatic carbocycles. The number of aryl methyl sites for hydroxylation is 1. The molecule has 2 heterocycles. The van der Waals surface area contributed by atoms with E-state index in [2.05, 4.69) is 10.1 Å².